The van der Waals surface area contributed by atoms with Crippen molar-refractivity contribution in [3.05, 3.63) is 48.7 Å². The molecule has 0 radical (unpaired) electrons. The first-order valence-corrected chi connectivity index (χ1v) is 6.41. The van der Waals surface area contributed by atoms with E-state index >= 15 is 0 Å². The van der Waals surface area contributed by atoms with Crippen LogP contribution in [0.25, 0.3) is 0 Å². The molecule has 4 nitrogen and oxygen atoms in total. The van der Waals surface area contributed by atoms with Gasteiger partial charge in [0.25, 0.3) is 0 Å². The second-order valence-corrected chi connectivity index (χ2v) is 4.13. The molecule has 2 N–H and O–H groups in total. The standard InChI is InChI=1S/C14H15N3OS/c1-2-18-12-8-4-3-7-11(12)16-14(19)17-13-9-5-6-10-15-13/h3-10H,2H2,1H3,(H2,15,16,17,19). The molecule has 2 aromatic rings. The number of pyridine rings is 1. The molecule has 0 atom stereocenters. The predicted molar refractivity (Wildman–Crippen MR) is 81.7 cm³/mol. The van der Waals surface area contributed by atoms with E-state index in [2.05, 4.69) is 15.6 Å². The van der Waals surface area contributed by atoms with E-state index in [9.17, 15) is 0 Å². The fraction of sp³-hybridized carbons (Fsp3) is 0.143. The van der Waals surface area contributed by atoms with Gasteiger partial charge in [-0.1, -0.05) is 18.2 Å². The first-order chi connectivity index (χ1) is 9.29. The highest BCUT2D eigenvalue weighted by atomic mass is 32.1. The van der Waals surface area contributed by atoms with Crippen LogP contribution in [0.4, 0.5) is 11.5 Å². The third-order valence-corrected chi connectivity index (χ3v) is 2.55. The molecule has 2 rings (SSSR count). The minimum absolute atomic E-state index is 0.478. The molecule has 5 heteroatoms. The number of hydrogen-bond acceptors (Lipinski definition) is 3. The second kappa shape index (κ2) is 6.70. The Balaban J connectivity index is 2.03. The lowest BCUT2D eigenvalue weighted by Crippen LogP contribution is -2.20. The molecule has 0 saturated carbocycles. The summed E-state index contributed by atoms with van der Waals surface area (Å²) in [6.45, 7) is 2.56. The summed E-state index contributed by atoms with van der Waals surface area (Å²) in [5, 5.41) is 6.59. The number of benzene rings is 1. The van der Waals surface area contributed by atoms with Gasteiger partial charge >= 0.3 is 0 Å². The van der Waals surface area contributed by atoms with Crippen LogP contribution in [0.1, 0.15) is 6.92 Å². The van der Waals surface area contributed by atoms with Gasteiger partial charge in [-0.3, -0.25) is 0 Å². The number of nitrogens with one attached hydrogen (secondary N) is 2. The zero-order valence-electron chi connectivity index (χ0n) is 10.6. The van der Waals surface area contributed by atoms with Crippen molar-refractivity contribution in [1.29, 1.82) is 0 Å². The van der Waals surface area contributed by atoms with Gasteiger partial charge in [-0.2, -0.15) is 0 Å². The summed E-state index contributed by atoms with van der Waals surface area (Å²) >= 11 is 5.24. The SMILES string of the molecule is CCOc1ccccc1NC(=S)Nc1ccccn1. The molecule has 1 aromatic heterocycles. The van der Waals surface area contributed by atoms with E-state index < -0.39 is 0 Å². The maximum atomic E-state index is 5.52. The average molecular weight is 273 g/mol. The van der Waals surface area contributed by atoms with Crippen LogP contribution < -0.4 is 15.4 Å². The van der Waals surface area contributed by atoms with Crippen molar-refractivity contribution in [3.63, 3.8) is 0 Å². The molecule has 1 aromatic carbocycles. The lowest BCUT2D eigenvalue weighted by atomic mass is 10.3. The highest BCUT2D eigenvalue weighted by molar-refractivity contribution is 7.80. The summed E-state index contributed by atoms with van der Waals surface area (Å²) < 4.78 is 5.52. The fourth-order valence-electron chi connectivity index (χ4n) is 1.56. The molecule has 98 valence electrons. The minimum atomic E-state index is 0.478. The molecular weight excluding hydrogens is 258 g/mol. The van der Waals surface area contributed by atoms with Crippen LogP contribution in [-0.2, 0) is 0 Å². The van der Waals surface area contributed by atoms with Gasteiger partial charge in [-0.15, -0.1) is 0 Å². The Morgan fingerprint density at radius 3 is 2.68 bits per heavy atom. The first-order valence-electron chi connectivity index (χ1n) is 6.00. The Morgan fingerprint density at radius 2 is 1.95 bits per heavy atom. The number of para-hydroxylation sites is 2. The van der Waals surface area contributed by atoms with E-state index in [-0.39, 0.29) is 0 Å². The molecule has 0 saturated heterocycles. The third-order valence-electron chi connectivity index (χ3n) is 2.34. The van der Waals surface area contributed by atoms with Crippen molar-refractivity contribution in [2.45, 2.75) is 6.92 Å². The monoisotopic (exact) mass is 273 g/mol. The largest absolute Gasteiger partial charge is 0.492 e. The molecule has 0 bridgehead atoms. The Bertz CT molecular complexity index is 545. The summed E-state index contributed by atoms with van der Waals surface area (Å²) in [6, 6.07) is 13.3. The lowest BCUT2D eigenvalue weighted by molar-refractivity contribution is 0.342. The van der Waals surface area contributed by atoms with Gasteiger partial charge in [0.05, 0.1) is 12.3 Å². The number of ether oxygens (including phenoxy) is 1. The van der Waals surface area contributed by atoms with Crippen LogP contribution >= 0.6 is 12.2 Å². The van der Waals surface area contributed by atoms with Crippen LogP contribution in [0.3, 0.4) is 0 Å². The lowest BCUT2D eigenvalue weighted by Gasteiger charge is -2.13. The zero-order valence-corrected chi connectivity index (χ0v) is 11.4. The molecule has 0 amide bonds. The Morgan fingerprint density at radius 1 is 1.16 bits per heavy atom. The van der Waals surface area contributed by atoms with Crippen molar-refractivity contribution in [2.75, 3.05) is 17.2 Å². The normalized spacial score (nSPS) is 9.74. The molecule has 0 aliphatic rings. The molecular formula is C14H15N3OS. The van der Waals surface area contributed by atoms with Crippen LogP contribution in [0.15, 0.2) is 48.7 Å². The van der Waals surface area contributed by atoms with E-state index in [1.54, 1.807) is 6.20 Å². The van der Waals surface area contributed by atoms with E-state index in [4.69, 9.17) is 17.0 Å². The highest BCUT2D eigenvalue weighted by Gasteiger charge is 2.04. The Kier molecular flexibility index (Phi) is 4.69. The molecule has 19 heavy (non-hydrogen) atoms. The van der Waals surface area contributed by atoms with Gasteiger partial charge in [-0.05, 0) is 43.4 Å². The third kappa shape index (κ3) is 3.93. The smallest absolute Gasteiger partial charge is 0.176 e. The van der Waals surface area contributed by atoms with Gasteiger partial charge in [0.15, 0.2) is 5.11 Å². The molecule has 0 fully saturated rings. The first kappa shape index (κ1) is 13.3. The molecule has 0 aliphatic heterocycles. The maximum absolute atomic E-state index is 5.52. The van der Waals surface area contributed by atoms with E-state index in [1.807, 2.05) is 49.4 Å². The van der Waals surface area contributed by atoms with E-state index in [1.165, 1.54) is 0 Å². The second-order valence-electron chi connectivity index (χ2n) is 3.72. The van der Waals surface area contributed by atoms with Gasteiger partial charge < -0.3 is 15.4 Å². The van der Waals surface area contributed by atoms with Gasteiger partial charge in [0, 0.05) is 6.20 Å². The minimum Gasteiger partial charge on any atom is -0.492 e. The van der Waals surface area contributed by atoms with Crippen molar-refractivity contribution in [3.8, 4) is 5.75 Å². The zero-order chi connectivity index (χ0) is 13.5. The van der Waals surface area contributed by atoms with Crippen LogP contribution in [0.2, 0.25) is 0 Å². The molecule has 1 heterocycles. The molecule has 0 aliphatic carbocycles. The summed E-state index contributed by atoms with van der Waals surface area (Å²) in [7, 11) is 0. The van der Waals surface area contributed by atoms with Crippen molar-refractivity contribution < 1.29 is 4.74 Å². The van der Waals surface area contributed by atoms with Crippen LogP contribution in [0, 0.1) is 0 Å². The highest BCUT2D eigenvalue weighted by Crippen LogP contribution is 2.23. The topological polar surface area (TPSA) is 46.2 Å². The van der Waals surface area contributed by atoms with Gasteiger partial charge in [-0.25, -0.2) is 4.98 Å². The summed E-state index contributed by atoms with van der Waals surface area (Å²) in [5.74, 6) is 1.48. The van der Waals surface area contributed by atoms with Crippen molar-refractivity contribution >= 4 is 28.8 Å². The number of anilines is 2. The van der Waals surface area contributed by atoms with Gasteiger partial charge in [0.1, 0.15) is 11.6 Å². The number of thiocarbonyl (C=S) groups is 1. The Hall–Kier alpha value is -2.14. The molecule has 0 spiro atoms. The van der Waals surface area contributed by atoms with E-state index in [0.29, 0.717) is 17.5 Å². The summed E-state index contributed by atoms with van der Waals surface area (Å²) in [4.78, 5) is 4.15. The Labute approximate surface area is 117 Å². The number of aromatic nitrogens is 1. The van der Waals surface area contributed by atoms with Crippen molar-refractivity contribution in [2.24, 2.45) is 0 Å². The fourth-order valence-corrected chi connectivity index (χ4v) is 1.77. The van der Waals surface area contributed by atoms with Crippen LogP contribution in [0.5, 0.6) is 5.75 Å². The van der Waals surface area contributed by atoms with E-state index in [0.717, 1.165) is 11.4 Å². The number of nitrogens with zero attached hydrogens (tertiary/aromatic N) is 1. The maximum Gasteiger partial charge on any atom is 0.176 e. The summed E-state index contributed by atoms with van der Waals surface area (Å²) in [5.41, 5.74) is 0.831. The average Bonchev–Trinajstić information content (AvgIpc) is 2.42. The molecule has 0 unspecified atom stereocenters. The van der Waals surface area contributed by atoms with Crippen LogP contribution in [-0.4, -0.2) is 16.7 Å². The number of rotatable bonds is 4. The van der Waals surface area contributed by atoms with Crippen molar-refractivity contribution in [1.82, 2.24) is 4.98 Å². The summed E-state index contributed by atoms with van der Waals surface area (Å²) in [6.07, 6.45) is 1.71. The predicted octanol–water partition coefficient (Wildman–Crippen LogP) is 3.29. The number of hydrogen-bond donors (Lipinski definition) is 2. The van der Waals surface area contributed by atoms with Gasteiger partial charge in [0.2, 0.25) is 0 Å². The quantitative estimate of drug-likeness (QED) is 0.837.